The SMILES string of the molecule is C=CC(=C)[I+]c1ccccc1. The molecule has 1 rings (SSSR count). The molecule has 0 aliphatic carbocycles. The summed E-state index contributed by atoms with van der Waals surface area (Å²) in [6.45, 7) is 7.58. The molecule has 11 heavy (non-hydrogen) atoms. The van der Waals surface area contributed by atoms with Gasteiger partial charge in [-0.25, -0.2) is 0 Å². The molecule has 0 radical (unpaired) electrons. The Kier molecular flexibility index (Phi) is 3.36. The Morgan fingerprint density at radius 1 is 1.27 bits per heavy atom. The maximum absolute atomic E-state index is 3.90. The zero-order valence-electron chi connectivity index (χ0n) is 6.26. The molecule has 1 aromatic carbocycles. The second-order valence-electron chi connectivity index (χ2n) is 2.04. The van der Waals surface area contributed by atoms with Crippen LogP contribution in [0.15, 0.2) is 53.1 Å². The molecular weight excluding hydrogens is 247 g/mol. The average Bonchev–Trinajstić information content (AvgIpc) is 2.06. The van der Waals surface area contributed by atoms with Gasteiger partial charge >= 0.3 is 21.2 Å². The number of halogens is 1. The van der Waals surface area contributed by atoms with Crippen LogP contribution in [0.2, 0.25) is 0 Å². The van der Waals surface area contributed by atoms with Crippen molar-refractivity contribution in [2.45, 2.75) is 0 Å². The zero-order chi connectivity index (χ0) is 8.10. The molecular formula is C10H10I+. The van der Waals surface area contributed by atoms with E-state index in [1.165, 1.54) is 7.15 Å². The van der Waals surface area contributed by atoms with Crippen molar-refractivity contribution in [2.24, 2.45) is 0 Å². The molecule has 0 fully saturated rings. The van der Waals surface area contributed by atoms with E-state index in [-0.39, 0.29) is 21.2 Å². The van der Waals surface area contributed by atoms with Crippen LogP contribution in [0, 0.1) is 3.57 Å². The van der Waals surface area contributed by atoms with Crippen molar-refractivity contribution >= 4 is 0 Å². The summed E-state index contributed by atoms with van der Waals surface area (Å²) >= 11 is -0.0486. The molecule has 0 nitrogen and oxygen atoms in total. The number of allylic oxidation sites excluding steroid dienone is 2. The lowest BCUT2D eigenvalue weighted by molar-refractivity contribution is -0.571. The smallest absolute Gasteiger partial charge is 0.0946 e. The largest absolute Gasteiger partial charge is 0.357 e. The van der Waals surface area contributed by atoms with Gasteiger partial charge in [0, 0.05) is 0 Å². The molecule has 1 aromatic rings. The number of hydrogen-bond acceptors (Lipinski definition) is 0. The minimum Gasteiger partial charge on any atom is -0.0946 e. The molecule has 0 N–H and O–H groups in total. The highest BCUT2D eigenvalue weighted by atomic mass is 127. The lowest BCUT2D eigenvalue weighted by Gasteiger charge is -1.81. The van der Waals surface area contributed by atoms with Gasteiger partial charge < -0.3 is 0 Å². The van der Waals surface area contributed by atoms with Crippen molar-refractivity contribution < 1.29 is 21.2 Å². The van der Waals surface area contributed by atoms with Crippen molar-refractivity contribution in [3.8, 4) is 0 Å². The zero-order valence-corrected chi connectivity index (χ0v) is 8.41. The van der Waals surface area contributed by atoms with E-state index in [4.69, 9.17) is 0 Å². The van der Waals surface area contributed by atoms with Crippen LogP contribution in [0.25, 0.3) is 0 Å². The lowest BCUT2D eigenvalue weighted by Crippen LogP contribution is -3.60. The first-order valence-corrected chi connectivity index (χ1v) is 5.50. The van der Waals surface area contributed by atoms with Crippen molar-refractivity contribution in [3.05, 3.63) is 56.7 Å². The standard InChI is InChI=1S/C10H10I/c1-3-9(2)11-10-7-5-4-6-8-10/h3-8H,1-2H2/q+1. The summed E-state index contributed by atoms with van der Waals surface area (Å²) in [6, 6.07) is 10.4. The van der Waals surface area contributed by atoms with E-state index < -0.39 is 0 Å². The maximum atomic E-state index is 3.90. The van der Waals surface area contributed by atoms with E-state index in [9.17, 15) is 0 Å². The highest BCUT2D eigenvalue weighted by Gasteiger charge is 2.11. The Hall–Kier alpha value is -0.570. The van der Waals surface area contributed by atoms with Crippen molar-refractivity contribution in [3.63, 3.8) is 0 Å². The Bertz CT molecular complexity index is 249. The molecule has 0 saturated carbocycles. The van der Waals surface area contributed by atoms with E-state index in [2.05, 4.69) is 37.4 Å². The molecule has 0 amide bonds. The van der Waals surface area contributed by atoms with Gasteiger partial charge in [-0.1, -0.05) is 24.8 Å². The van der Waals surface area contributed by atoms with Crippen LogP contribution in [0.5, 0.6) is 0 Å². The summed E-state index contributed by atoms with van der Waals surface area (Å²) in [5.41, 5.74) is 0. The van der Waals surface area contributed by atoms with Crippen molar-refractivity contribution in [2.75, 3.05) is 0 Å². The molecule has 56 valence electrons. The third-order valence-corrected chi connectivity index (χ3v) is 3.66. The summed E-state index contributed by atoms with van der Waals surface area (Å²) in [5, 5.41) is 0. The average molecular weight is 257 g/mol. The van der Waals surface area contributed by atoms with Crippen LogP contribution >= 0.6 is 0 Å². The summed E-state index contributed by atoms with van der Waals surface area (Å²) in [4.78, 5) is 0. The third-order valence-electron chi connectivity index (χ3n) is 1.19. The summed E-state index contributed by atoms with van der Waals surface area (Å²) in [5.74, 6) is 0. The van der Waals surface area contributed by atoms with Gasteiger partial charge in [0.2, 0.25) is 0 Å². The van der Waals surface area contributed by atoms with Crippen LogP contribution in [0.3, 0.4) is 0 Å². The minimum absolute atomic E-state index is 0.0486. The van der Waals surface area contributed by atoms with E-state index in [1.54, 1.807) is 0 Å². The van der Waals surface area contributed by atoms with Gasteiger partial charge in [-0.05, 0) is 24.8 Å². The van der Waals surface area contributed by atoms with Gasteiger partial charge in [0.05, 0.1) is 0 Å². The molecule has 0 aromatic heterocycles. The lowest BCUT2D eigenvalue weighted by atomic mass is 10.4. The predicted octanol–water partition coefficient (Wildman–Crippen LogP) is -0.355. The molecule has 0 saturated heterocycles. The fourth-order valence-electron chi connectivity index (χ4n) is 0.656. The molecule has 0 atom stereocenters. The summed E-state index contributed by atoms with van der Waals surface area (Å²) in [7, 11) is 0. The first kappa shape index (κ1) is 8.53. The Morgan fingerprint density at radius 3 is 2.45 bits per heavy atom. The van der Waals surface area contributed by atoms with Crippen LogP contribution < -0.4 is 21.2 Å². The van der Waals surface area contributed by atoms with Gasteiger partial charge in [0.15, 0.2) is 7.15 Å². The predicted molar refractivity (Wildman–Crippen MR) is 44.5 cm³/mol. The van der Waals surface area contributed by atoms with Gasteiger partial charge in [0.25, 0.3) is 0 Å². The van der Waals surface area contributed by atoms with Crippen LogP contribution in [0.1, 0.15) is 0 Å². The second-order valence-corrected chi connectivity index (χ2v) is 5.21. The Morgan fingerprint density at radius 2 is 1.91 bits per heavy atom. The molecule has 0 aliphatic rings. The second kappa shape index (κ2) is 4.34. The van der Waals surface area contributed by atoms with Gasteiger partial charge in [-0.15, -0.1) is 0 Å². The van der Waals surface area contributed by atoms with E-state index >= 15 is 0 Å². The summed E-state index contributed by atoms with van der Waals surface area (Å²) < 4.78 is 2.58. The fraction of sp³-hybridized carbons (Fsp3) is 0. The Balaban J connectivity index is 2.65. The van der Waals surface area contributed by atoms with Gasteiger partial charge in [-0.2, -0.15) is 0 Å². The minimum atomic E-state index is -0.0486. The molecule has 1 heteroatoms. The van der Waals surface area contributed by atoms with E-state index in [0.29, 0.717) is 0 Å². The highest BCUT2D eigenvalue weighted by molar-refractivity contribution is 5.03. The van der Waals surface area contributed by atoms with E-state index in [0.717, 1.165) is 0 Å². The van der Waals surface area contributed by atoms with Gasteiger partial charge in [0.1, 0.15) is 0 Å². The highest BCUT2D eigenvalue weighted by Crippen LogP contribution is 1.82. The molecule has 0 aliphatic heterocycles. The normalized spacial score (nSPS) is 9.09. The molecule has 0 unspecified atom stereocenters. The number of rotatable bonds is 3. The van der Waals surface area contributed by atoms with Crippen LogP contribution in [0.4, 0.5) is 0 Å². The monoisotopic (exact) mass is 257 g/mol. The maximum Gasteiger partial charge on any atom is 0.357 e. The van der Waals surface area contributed by atoms with Crippen molar-refractivity contribution in [1.82, 2.24) is 0 Å². The summed E-state index contributed by atoms with van der Waals surface area (Å²) in [6.07, 6.45) is 1.85. The van der Waals surface area contributed by atoms with Gasteiger partial charge in [-0.3, -0.25) is 0 Å². The quantitative estimate of drug-likeness (QED) is 0.512. The fourth-order valence-corrected chi connectivity index (χ4v) is 2.45. The first-order chi connectivity index (χ1) is 5.33. The number of hydrogen-bond donors (Lipinski definition) is 0. The Labute approximate surface area is 77.9 Å². The van der Waals surface area contributed by atoms with E-state index in [1.807, 2.05) is 12.1 Å². The topological polar surface area (TPSA) is 0 Å². The molecule has 0 spiro atoms. The molecule has 0 bridgehead atoms. The molecule has 0 heterocycles. The third kappa shape index (κ3) is 2.89. The van der Waals surface area contributed by atoms with Crippen LogP contribution in [-0.4, -0.2) is 0 Å². The van der Waals surface area contributed by atoms with Crippen LogP contribution in [-0.2, 0) is 0 Å². The first-order valence-electron chi connectivity index (χ1n) is 3.34. The van der Waals surface area contributed by atoms with Crippen molar-refractivity contribution in [1.29, 1.82) is 0 Å². The number of benzene rings is 1.